The van der Waals surface area contributed by atoms with E-state index in [9.17, 15) is 0 Å². The van der Waals surface area contributed by atoms with E-state index in [0.717, 1.165) is 27.4 Å². The fourth-order valence-electron chi connectivity index (χ4n) is 2.06. The predicted molar refractivity (Wildman–Crippen MR) is 89.5 cm³/mol. The number of aryl methyl sites for hydroxylation is 1. The zero-order valence-electron chi connectivity index (χ0n) is 11.6. The molecule has 2 aromatic heterocycles. The summed E-state index contributed by atoms with van der Waals surface area (Å²) in [4.78, 5) is 9.03. The number of aromatic nitrogens is 3. The second-order valence-corrected chi connectivity index (χ2v) is 5.49. The first kappa shape index (κ1) is 13.8. The van der Waals surface area contributed by atoms with Crippen LogP contribution in [-0.4, -0.2) is 14.5 Å². The molecule has 3 aromatic rings. The van der Waals surface area contributed by atoms with Crippen molar-refractivity contribution in [1.82, 2.24) is 14.5 Å². The Morgan fingerprint density at radius 2 is 1.76 bits per heavy atom. The molecular weight excluding hydrogens is 326 g/mol. The first-order valence-corrected chi connectivity index (χ1v) is 7.41. The molecule has 0 saturated heterocycles. The summed E-state index contributed by atoms with van der Waals surface area (Å²) in [7, 11) is 1.99. The highest BCUT2D eigenvalue weighted by Crippen LogP contribution is 2.18. The molecular formula is C17H14BrN3. The molecule has 104 valence electrons. The van der Waals surface area contributed by atoms with Crippen molar-refractivity contribution in [3.63, 3.8) is 0 Å². The highest BCUT2D eigenvalue weighted by Gasteiger charge is 2.04. The van der Waals surface area contributed by atoms with Crippen LogP contribution in [0.2, 0.25) is 0 Å². The van der Waals surface area contributed by atoms with E-state index in [0.29, 0.717) is 0 Å². The van der Waals surface area contributed by atoms with E-state index in [1.165, 1.54) is 0 Å². The number of imidazole rings is 1. The molecule has 3 rings (SSSR count). The van der Waals surface area contributed by atoms with E-state index >= 15 is 0 Å². The van der Waals surface area contributed by atoms with Gasteiger partial charge in [-0.1, -0.05) is 36.4 Å². The molecule has 0 fully saturated rings. The molecule has 0 atom stereocenters. The normalized spacial score (nSPS) is 11.1. The van der Waals surface area contributed by atoms with Crippen LogP contribution in [0.1, 0.15) is 11.5 Å². The smallest absolute Gasteiger partial charge is 0.133 e. The van der Waals surface area contributed by atoms with Gasteiger partial charge in [0.2, 0.25) is 0 Å². The average molecular weight is 340 g/mol. The maximum atomic E-state index is 4.65. The van der Waals surface area contributed by atoms with Crippen LogP contribution in [0, 0.1) is 0 Å². The Balaban J connectivity index is 1.88. The van der Waals surface area contributed by atoms with E-state index in [1.54, 1.807) is 0 Å². The Morgan fingerprint density at radius 3 is 2.52 bits per heavy atom. The Hall–Kier alpha value is -2.20. The monoisotopic (exact) mass is 339 g/mol. The van der Waals surface area contributed by atoms with E-state index in [2.05, 4.69) is 38.0 Å². The van der Waals surface area contributed by atoms with E-state index in [4.69, 9.17) is 0 Å². The quantitative estimate of drug-likeness (QED) is 0.661. The summed E-state index contributed by atoms with van der Waals surface area (Å²) in [6, 6.07) is 16.0. The minimum atomic E-state index is 0.828. The van der Waals surface area contributed by atoms with Gasteiger partial charge in [0.15, 0.2) is 0 Å². The molecule has 0 aliphatic rings. The number of nitrogens with zero attached hydrogens (tertiary/aromatic N) is 3. The lowest BCUT2D eigenvalue weighted by molar-refractivity contribution is 0.898. The maximum Gasteiger partial charge on any atom is 0.133 e. The summed E-state index contributed by atoms with van der Waals surface area (Å²) in [5, 5.41) is 0. The third kappa shape index (κ3) is 3.28. The first-order chi connectivity index (χ1) is 10.2. The van der Waals surface area contributed by atoms with Crippen molar-refractivity contribution >= 4 is 28.1 Å². The maximum absolute atomic E-state index is 4.65. The molecule has 4 heteroatoms. The Morgan fingerprint density at radius 1 is 0.952 bits per heavy atom. The van der Waals surface area contributed by atoms with Gasteiger partial charge in [-0.2, -0.15) is 0 Å². The van der Waals surface area contributed by atoms with Crippen molar-refractivity contribution < 1.29 is 0 Å². The molecule has 0 unspecified atom stereocenters. The molecule has 0 radical (unpaired) electrons. The first-order valence-electron chi connectivity index (χ1n) is 6.62. The second kappa shape index (κ2) is 6.06. The molecule has 0 amide bonds. The summed E-state index contributed by atoms with van der Waals surface area (Å²) < 4.78 is 2.84. The van der Waals surface area contributed by atoms with Gasteiger partial charge in [-0.15, -0.1) is 0 Å². The molecule has 21 heavy (non-hydrogen) atoms. The van der Waals surface area contributed by atoms with Gasteiger partial charge in [-0.05, 0) is 40.2 Å². The minimum Gasteiger partial charge on any atom is -0.334 e. The van der Waals surface area contributed by atoms with Crippen LogP contribution in [0.25, 0.3) is 23.4 Å². The number of benzene rings is 1. The SMILES string of the molecule is Cn1cc(-c2ccccc2)nc1C=Cc1cccc(Br)n1. The van der Waals surface area contributed by atoms with Crippen molar-refractivity contribution in [2.45, 2.75) is 0 Å². The van der Waals surface area contributed by atoms with Crippen LogP contribution in [0.4, 0.5) is 0 Å². The third-order valence-electron chi connectivity index (χ3n) is 3.12. The third-order valence-corrected chi connectivity index (χ3v) is 3.56. The minimum absolute atomic E-state index is 0.828. The number of hydrogen-bond acceptors (Lipinski definition) is 2. The highest BCUT2D eigenvalue weighted by molar-refractivity contribution is 9.10. The summed E-state index contributed by atoms with van der Waals surface area (Å²) in [6.07, 6.45) is 5.96. The Bertz CT molecular complexity index is 776. The Labute approximate surface area is 132 Å². The fourth-order valence-corrected chi connectivity index (χ4v) is 2.42. The van der Waals surface area contributed by atoms with Crippen LogP contribution in [0.5, 0.6) is 0 Å². The average Bonchev–Trinajstić information content (AvgIpc) is 2.87. The summed E-state index contributed by atoms with van der Waals surface area (Å²) in [5.74, 6) is 0.899. The highest BCUT2D eigenvalue weighted by atomic mass is 79.9. The molecule has 3 nitrogen and oxygen atoms in total. The van der Waals surface area contributed by atoms with Crippen LogP contribution in [0.15, 0.2) is 59.3 Å². The molecule has 0 aliphatic carbocycles. The standard InChI is InChI=1S/C17H14BrN3/c1-21-12-15(13-6-3-2-4-7-13)20-17(21)11-10-14-8-5-9-16(18)19-14/h2-12H,1H3. The molecule has 2 heterocycles. The van der Waals surface area contributed by atoms with Gasteiger partial charge < -0.3 is 4.57 Å². The zero-order chi connectivity index (χ0) is 14.7. The second-order valence-electron chi connectivity index (χ2n) is 4.68. The molecule has 0 spiro atoms. The van der Waals surface area contributed by atoms with Gasteiger partial charge in [0, 0.05) is 18.8 Å². The van der Waals surface area contributed by atoms with E-state index in [-0.39, 0.29) is 0 Å². The van der Waals surface area contributed by atoms with Crippen molar-refractivity contribution in [2.75, 3.05) is 0 Å². The van der Waals surface area contributed by atoms with Crippen LogP contribution >= 0.6 is 15.9 Å². The summed E-state index contributed by atoms with van der Waals surface area (Å²) in [5.41, 5.74) is 2.99. The summed E-state index contributed by atoms with van der Waals surface area (Å²) in [6.45, 7) is 0. The van der Waals surface area contributed by atoms with Gasteiger partial charge in [-0.3, -0.25) is 0 Å². The lowest BCUT2D eigenvalue weighted by Gasteiger charge is -1.95. The van der Waals surface area contributed by atoms with Crippen molar-refractivity contribution in [2.24, 2.45) is 7.05 Å². The van der Waals surface area contributed by atoms with Crippen molar-refractivity contribution in [3.8, 4) is 11.3 Å². The molecule has 0 N–H and O–H groups in total. The number of halogens is 1. The van der Waals surface area contributed by atoms with Gasteiger partial charge >= 0.3 is 0 Å². The molecule has 0 saturated carbocycles. The molecule has 0 bridgehead atoms. The zero-order valence-corrected chi connectivity index (χ0v) is 13.2. The van der Waals surface area contributed by atoms with Gasteiger partial charge in [0.25, 0.3) is 0 Å². The van der Waals surface area contributed by atoms with Gasteiger partial charge in [-0.25, -0.2) is 9.97 Å². The number of rotatable bonds is 3. The molecule has 1 aromatic carbocycles. The largest absolute Gasteiger partial charge is 0.334 e. The van der Waals surface area contributed by atoms with Crippen LogP contribution in [-0.2, 0) is 7.05 Å². The fraction of sp³-hybridized carbons (Fsp3) is 0.0588. The lowest BCUT2D eigenvalue weighted by Crippen LogP contribution is -1.89. The van der Waals surface area contributed by atoms with Gasteiger partial charge in [0.1, 0.15) is 10.4 Å². The molecule has 0 aliphatic heterocycles. The van der Waals surface area contributed by atoms with Crippen LogP contribution in [0.3, 0.4) is 0 Å². The van der Waals surface area contributed by atoms with Crippen LogP contribution < -0.4 is 0 Å². The number of pyridine rings is 1. The predicted octanol–water partition coefficient (Wildman–Crippen LogP) is 4.42. The summed E-state index contributed by atoms with van der Waals surface area (Å²) >= 11 is 3.37. The van der Waals surface area contributed by atoms with Gasteiger partial charge in [0.05, 0.1) is 11.4 Å². The topological polar surface area (TPSA) is 30.7 Å². The Kier molecular flexibility index (Phi) is 3.97. The van der Waals surface area contributed by atoms with Crippen molar-refractivity contribution in [3.05, 3.63) is 70.8 Å². The van der Waals surface area contributed by atoms with Crippen molar-refractivity contribution in [1.29, 1.82) is 0 Å². The van der Waals surface area contributed by atoms with E-state index < -0.39 is 0 Å². The lowest BCUT2D eigenvalue weighted by atomic mass is 10.2. The van der Waals surface area contributed by atoms with E-state index in [1.807, 2.05) is 66.4 Å². The number of hydrogen-bond donors (Lipinski definition) is 0.